The van der Waals surface area contributed by atoms with Crippen molar-refractivity contribution in [2.45, 2.75) is 20.3 Å². The minimum atomic E-state index is -2.77. The maximum absolute atomic E-state index is 10.8. The van der Waals surface area contributed by atoms with E-state index < -0.39 is 9.84 Å². The quantitative estimate of drug-likeness (QED) is 0.674. The van der Waals surface area contributed by atoms with Gasteiger partial charge in [0, 0.05) is 6.26 Å². The van der Waals surface area contributed by atoms with E-state index in [-0.39, 0.29) is 0 Å². The van der Waals surface area contributed by atoms with Crippen molar-refractivity contribution in [2.75, 3.05) is 25.1 Å². The summed E-state index contributed by atoms with van der Waals surface area (Å²) in [4.78, 5) is 0. The van der Waals surface area contributed by atoms with Gasteiger partial charge in [-0.05, 0) is 25.4 Å². The summed E-state index contributed by atoms with van der Waals surface area (Å²) in [5.41, 5.74) is 0. The Hall–Kier alpha value is -0.0900. The molecule has 0 rings (SSSR count). The molecule has 0 bridgehead atoms. The lowest BCUT2D eigenvalue weighted by Gasteiger charge is -2.10. The highest BCUT2D eigenvalue weighted by Gasteiger charge is 2.06. The monoisotopic (exact) mass is 193 g/mol. The van der Waals surface area contributed by atoms with Crippen LogP contribution in [0.1, 0.15) is 20.3 Å². The third kappa shape index (κ3) is 8.01. The molecule has 0 fully saturated rings. The Balaban J connectivity index is 3.51. The summed E-state index contributed by atoms with van der Waals surface area (Å²) in [5.74, 6) is 0.749. The fraction of sp³-hybridized carbons (Fsp3) is 1.00. The molecule has 0 amide bonds. The molecule has 3 nitrogen and oxygen atoms in total. The summed E-state index contributed by atoms with van der Waals surface area (Å²) in [6, 6.07) is 0. The first kappa shape index (κ1) is 11.9. The van der Waals surface area contributed by atoms with Gasteiger partial charge in [-0.15, -0.1) is 0 Å². The van der Waals surface area contributed by atoms with Crippen molar-refractivity contribution >= 4 is 9.84 Å². The first-order valence-corrected chi connectivity index (χ1v) is 6.40. The summed E-state index contributed by atoms with van der Waals surface area (Å²) < 4.78 is 21.6. The van der Waals surface area contributed by atoms with Gasteiger partial charge < -0.3 is 5.32 Å². The predicted molar refractivity (Wildman–Crippen MR) is 52.0 cm³/mol. The van der Waals surface area contributed by atoms with E-state index in [1.807, 2.05) is 6.92 Å². The number of hydrogen-bond acceptors (Lipinski definition) is 3. The fourth-order valence-electron chi connectivity index (χ4n) is 0.908. The van der Waals surface area contributed by atoms with Crippen molar-refractivity contribution in [3.05, 3.63) is 0 Å². The van der Waals surface area contributed by atoms with Crippen molar-refractivity contribution in [1.82, 2.24) is 5.32 Å². The Morgan fingerprint density at radius 2 is 2.00 bits per heavy atom. The zero-order valence-electron chi connectivity index (χ0n) is 8.13. The van der Waals surface area contributed by atoms with E-state index >= 15 is 0 Å². The summed E-state index contributed by atoms with van der Waals surface area (Å²) in [5, 5.41) is 3.19. The van der Waals surface area contributed by atoms with Gasteiger partial charge in [0.05, 0.1) is 5.75 Å². The Morgan fingerprint density at radius 3 is 2.42 bits per heavy atom. The molecule has 0 spiro atoms. The summed E-state index contributed by atoms with van der Waals surface area (Å²) >= 11 is 0. The molecule has 0 aromatic heterocycles. The number of nitrogens with one attached hydrogen (secondary N) is 1. The smallest absolute Gasteiger partial charge is 0.147 e. The molecule has 0 saturated heterocycles. The second-order valence-electron chi connectivity index (χ2n) is 3.33. The molecule has 4 heteroatoms. The highest BCUT2D eigenvalue weighted by atomic mass is 32.2. The van der Waals surface area contributed by atoms with Crippen molar-refractivity contribution in [1.29, 1.82) is 0 Å². The molecule has 1 atom stereocenters. The van der Waals surface area contributed by atoms with Crippen LogP contribution >= 0.6 is 0 Å². The molecule has 0 aromatic rings. The van der Waals surface area contributed by atoms with Gasteiger partial charge in [-0.2, -0.15) is 0 Å². The Kier molecular flexibility index (Phi) is 5.50. The van der Waals surface area contributed by atoms with E-state index in [1.54, 1.807) is 0 Å². The zero-order chi connectivity index (χ0) is 9.61. The van der Waals surface area contributed by atoms with Crippen LogP contribution < -0.4 is 5.32 Å². The normalized spacial score (nSPS) is 14.6. The third-order valence-corrected chi connectivity index (χ3v) is 2.70. The van der Waals surface area contributed by atoms with Gasteiger partial charge in [-0.3, -0.25) is 0 Å². The van der Waals surface area contributed by atoms with Crippen LogP contribution in [0, 0.1) is 5.92 Å². The average molecular weight is 193 g/mol. The van der Waals surface area contributed by atoms with Crippen LogP contribution in [0.4, 0.5) is 0 Å². The van der Waals surface area contributed by atoms with E-state index in [0.717, 1.165) is 19.5 Å². The van der Waals surface area contributed by atoms with Crippen molar-refractivity contribution in [3.63, 3.8) is 0 Å². The second-order valence-corrected chi connectivity index (χ2v) is 5.59. The van der Waals surface area contributed by atoms with E-state index in [9.17, 15) is 8.42 Å². The van der Waals surface area contributed by atoms with Gasteiger partial charge in [-0.25, -0.2) is 8.42 Å². The van der Waals surface area contributed by atoms with Crippen LogP contribution in [0.15, 0.2) is 0 Å². The summed E-state index contributed by atoms with van der Waals surface area (Å²) in [6.45, 7) is 5.96. The van der Waals surface area contributed by atoms with Gasteiger partial charge in [0.1, 0.15) is 9.84 Å². The maximum Gasteiger partial charge on any atom is 0.147 e. The molecule has 0 aliphatic rings. The lowest BCUT2D eigenvalue weighted by atomic mass is 10.1. The van der Waals surface area contributed by atoms with Crippen LogP contribution in [-0.4, -0.2) is 33.5 Å². The summed E-state index contributed by atoms with van der Waals surface area (Å²) in [6.07, 6.45) is 2.04. The van der Waals surface area contributed by atoms with Crippen LogP contribution in [-0.2, 0) is 9.84 Å². The van der Waals surface area contributed by atoms with Gasteiger partial charge in [0.15, 0.2) is 0 Å². The molecular formula is C8H19NO2S. The molecule has 1 unspecified atom stereocenters. The maximum atomic E-state index is 10.8. The lowest BCUT2D eigenvalue weighted by molar-refractivity contribution is 0.505. The van der Waals surface area contributed by atoms with Gasteiger partial charge >= 0.3 is 0 Å². The molecule has 1 N–H and O–H groups in total. The SMILES string of the molecule is CCNCC(C)CCS(C)(=O)=O. The number of sulfone groups is 1. The molecule has 0 aliphatic heterocycles. The van der Waals surface area contributed by atoms with E-state index in [0.29, 0.717) is 11.7 Å². The molecule has 0 aromatic carbocycles. The van der Waals surface area contributed by atoms with Crippen molar-refractivity contribution in [3.8, 4) is 0 Å². The Labute approximate surface area is 75.5 Å². The molecular weight excluding hydrogens is 174 g/mol. The van der Waals surface area contributed by atoms with Gasteiger partial charge in [0.25, 0.3) is 0 Å². The minimum absolute atomic E-state index is 0.305. The van der Waals surface area contributed by atoms with Gasteiger partial charge in [0.2, 0.25) is 0 Å². The largest absolute Gasteiger partial charge is 0.317 e. The first-order valence-electron chi connectivity index (χ1n) is 4.34. The zero-order valence-corrected chi connectivity index (χ0v) is 8.95. The topological polar surface area (TPSA) is 46.2 Å². The standard InChI is InChI=1S/C8H19NO2S/c1-4-9-7-8(2)5-6-12(3,10)11/h8-9H,4-7H2,1-3H3. The first-order chi connectivity index (χ1) is 5.45. The summed E-state index contributed by atoms with van der Waals surface area (Å²) in [7, 11) is -2.77. The molecule has 0 aliphatic carbocycles. The van der Waals surface area contributed by atoms with Gasteiger partial charge in [-0.1, -0.05) is 13.8 Å². The van der Waals surface area contributed by atoms with E-state index in [2.05, 4.69) is 12.2 Å². The van der Waals surface area contributed by atoms with Crippen LogP contribution in [0.5, 0.6) is 0 Å². The second kappa shape index (κ2) is 5.54. The lowest BCUT2D eigenvalue weighted by Crippen LogP contribution is -2.22. The number of rotatable bonds is 6. The van der Waals surface area contributed by atoms with Crippen molar-refractivity contribution < 1.29 is 8.42 Å². The predicted octanol–water partition coefficient (Wildman–Crippen LogP) is 0.667. The molecule has 74 valence electrons. The molecule has 0 radical (unpaired) electrons. The van der Waals surface area contributed by atoms with Crippen molar-refractivity contribution in [2.24, 2.45) is 5.92 Å². The van der Waals surface area contributed by atoms with Crippen LogP contribution in [0.2, 0.25) is 0 Å². The van der Waals surface area contributed by atoms with E-state index in [4.69, 9.17) is 0 Å². The third-order valence-electron chi connectivity index (χ3n) is 1.72. The molecule has 0 saturated carbocycles. The van der Waals surface area contributed by atoms with Crippen LogP contribution in [0.25, 0.3) is 0 Å². The number of hydrogen-bond donors (Lipinski definition) is 1. The van der Waals surface area contributed by atoms with E-state index in [1.165, 1.54) is 6.26 Å². The Morgan fingerprint density at radius 1 is 1.42 bits per heavy atom. The average Bonchev–Trinajstić information content (AvgIpc) is 1.95. The molecule has 12 heavy (non-hydrogen) atoms. The Bertz CT molecular complexity index is 199. The molecule has 0 heterocycles. The highest BCUT2D eigenvalue weighted by Crippen LogP contribution is 2.01. The minimum Gasteiger partial charge on any atom is -0.317 e. The highest BCUT2D eigenvalue weighted by molar-refractivity contribution is 7.90. The fourth-order valence-corrected chi connectivity index (χ4v) is 1.74. The van der Waals surface area contributed by atoms with Crippen LogP contribution in [0.3, 0.4) is 0 Å².